The highest BCUT2D eigenvalue weighted by molar-refractivity contribution is 6.17. The molecular weight excluding hydrogens is 229 g/mol. The minimum absolute atomic E-state index is 0.0249. The standard InChI is InChI=1S/C9H10ClF3N2/c1-5-7(9(11,12)13)2-6(3-10)8(4-14)15-5/h2H,3-4,14H2,1H3. The number of nitrogens with zero attached hydrogens (tertiary/aromatic N) is 1. The molecule has 0 fully saturated rings. The molecule has 1 aromatic rings. The van der Waals surface area contributed by atoms with Gasteiger partial charge in [-0.3, -0.25) is 4.98 Å². The van der Waals surface area contributed by atoms with Crippen molar-refractivity contribution in [2.45, 2.75) is 25.5 Å². The maximum Gasteiger partial charge on any atom is 0.418 e. The van der Waals surface area contributed by atoms with Crippen LogP contribution in [0.15, 0.2) is 6.07 Å². The fourth-order valence-electron chi connectivity index (χ4n) is 1.28. The molecule has 0 aliphatic rings. The lowest BCUT2D eigenvalue weighted by Crippen LogP contribution is -2.13. The number of nitrogens with two attached hydrogens (primary N) is 1. The molecule has 0 saturated carbocycles. The van der Waals surface area contributed by atoms with Gasteiger partial charge in [0.1, 0.15) is 0 Å². The zero-order valence-electron chi connectivity index (χ0n) is 8.03. The highest BCUT2D eigenvalue weighted by Crippen LogP contribution is 2.32. The van der Waals surface area contributed by atoms with Gasteiger partial charge in [0.25, 0.3) is 0 Å². The number of pyridine rings is 1. The number of halogens is 4. The van der Waals surface area contributed by atoms with Gasteiger partial charge in [0.05, 0.1) is 11.3 Å². The number of aryl methyl sites for hydroxylation is 1. The van der Waals surface area contributed by atoms with Crippen molar-refractivity contribution in [3.05, 3.63) is 28.6 Å². The van der Waals surface area contributed by atoms with E-state index in [1.165, 1.54) is 6.92 Å². The van der Waals surface area contributed by atoms with Crippen LogP contribution >= 0.6 is 11.6 Å². The average Bonchev–Trinajstić information content (AvgIpc) is 2.15. The Morgan fingerprint density at radius 1 is 1.47 bits per heavy atom. The lowest BCUT2D eigenvalue weighted by Gasteiger charge is -2.13. The van der Waals surface area contributed by atoms with E-state index in [4.69, 9.17) is 17.3 Å². The van der Waals surface area contributed by atoms with Crippen LogP contribution in [-0.4, -0.2) is 4.98 Å². The third-order valence-electron chi connectivity index (χ3n) is 2.02. The van der Waals surface area contributed by atoms with E-state index in [1.807, 2.05) is 0 Å². The lowest BCUT2D eigenvalue weighted by molar-refractivity contribution is -0.138. The van der Waals surface area contributed by atoms with E-state index in [1.54, 1.807) is 0 Å². The van der Waals surface area contributed by atoms with Gasteiger partial charge in [-0.15, -0.1) is 11.6 Å². The quantitative estimate of drug-likeness (QED) is 0.805. The van der Waals surface area contributed by atoms with E-state index in [2.05, 4.69) is 4.98 Å². The summed E-state index contributed by atoms with van der Waals surface area (Å²) in [6, 6.07) is 1.01. The smallest absolute Gasteiger partial charge is 0.325 e. The largest absolute Gasteiger partial charge is 0.418 e. The Morgan fingerprint density at radius 2 is 2.07 bits per heavy atom. The van der Waals surface area contributed by atoms with Gasteiger partial charge in [0.15, 0.2) is 0 Å². The summed E-state index contributed by atoms with van der Waals surface area (Å²) in [4.78, 5) is 3.80. The third kappa shape index (κ3) is 2.60. The number of hydrogen-bond acceptors (Lipinski definition) is 2. The predicted molar refractivity (Wildman–Crippen MR) is 51.4 cm³/mol. The average molecular weight is 239 g/mol. The fraction of sp³-hybridized carbons (Fsp3) is 0.444. The van der Waals surface area contributed by atoms with E-state index in [0.29, 0.717) is 11.3 Å². The maximum absolute atomic E-state index is 12.5. The van der Waals surface area contributed by atoms with E-state index >= 15 is 0 Å². The van der Waals surface area contributed by atoms with Crippen LogP contribution in [0.25, 0.3) is 0 Å². The van der Waals surface area contributed by atoms with Gasteiger partial charge in [-0.2, -0.15) is 13.2 Å². The van der Waals surface area contributed by atoms with Crippen molar-refractivity contribution >= 4 is 11.6 Å². The van der Waals surface area contributed by atoms with E-state index in [9.17, 15) is 13.2 Å². The first kappa shape index (κ1) is 12.3. The van der Waals surface area contributed by atoms with Crippen LogP contribution in [0.3, 0.4) is 0 Å². The summed E-state index contributed by atoms with van der Waals surface area (Å²) < 4.78 is 37.5. The monoisotopic (exact) mass is 238 g/mol. The molecule has 6 heteroatoms. The first-order valence-corrected chi connectivity index (χ1v) is 4.76. The molecule has 84 valence electrons. The second kappa shape index (κ2) is 4.37. The fourth-order valence-corrected chi connectivity index (χ4v) is 1.51. The first-order valence-electron chi connectivity index (χ1n) is 4.22. The number of aromatic nitrogens is 1. The number of hydrogen-bond donors (Lipinski definition) is 1. The van der Waals surface area contributed by atoms with Crippen LogP contribution in [0.5, 0.6) is 0 Å². The summed E-state index contributed by atoms with van der Waals surface area (Å²) >= 11 is 5.52. The summed E-state index contributed by atoms with van der Waals surface area (Å²) in [5, 5.41) is 0. The summed E-state index contributed by atoms with van der Waals surface area (Å²) in [7, 11) is 0. The Balaban J connectivity index is 3.32. The SMILES string of the molecule is Cc1nc(CN)c(CCl)cc1C(F)(F)F. The molecule has 0 amide bonds. The number of alkyl halides is 4. The van der Waals surface area contributed by atoms with Gasteiger partial charge < -0.3 is 5.73 Å². The van der Waals surface area contributed by atoms with Crippen LogP contribution in [0, 0.1) is 6.92 Å². The molecule has 0 saturated heterocycles. The van der Waals surface area contributed by atoms with Crippen LogP contribution in [0.2, 0.25) is 0 Å². The topological polar surface area (TPSA) is 38.9 Å². The van der Waals surface area contributed by atoms with Crippen LogP contribution in [-0.2, 0) is 18.6 Å². The minimum atomic E-state index is -4.40. The van der Waals surface area contributed by atoms with Crippen molar-refractivity contribution in [2.75, 3.05) is 0 Å². The summed E-state index contributed by atoms with van der Waals surface area (Å²) in [6.45, 7) is 1.39. The molecule has 0 radical (unpaired) electrons. The second-order valence-corrected chi connectivity index (χ2v) is 3.33. The van der Waals surface area contributed by atoms with Crippen LogP contribution < -0.4 is 5.73 Å². The maximum atomic E-state index is 12.5. The molecule has 0 unspecified atom stereocenters. The molecule has 0 spiro atoms. The van der Waals surface area contributed by atoms with Crippen LogP contribution in [0.4, 0.5) is 13.2 Å². The normalized spacial score (nSPS) is 11.9. The molecule has 0 aromatic carbocycles. The highest BCUT2D eigenvalue weighted by atomic mass is 35.5. The van der Waals surface area contributed by atoms with Gasteiger partial charge in [-0.1, -0.05) is 0 Å². The van der Waals surface area contributed by atoms with E-state index in [-0.39, 0.29) is 18.1 Å². The molecule has 0 atom stereocenters. The Morgan fingerprint density at radius 3 is 2.47 bits per heavy atom. The molecule has 1 aromatic heterocycles. The Labute approximate surface area is 90.3 Å². The molecule has 0 aliphatic carbocycles. The molecular formula is C9H10ClF3N2. The summed E-state index contributed by atoms with van der Waals surface area (Å²) in [5.74, 6) is -0.0249. The van der Waals surface area contributed by atoms with Crippen LogP contribution in [0.1, 0.15) is 22.5 Å². The van der Waals surface area contributed by atoms with E-state index < -0.39 is 11.7 Å². The Bertz CT molecular complexity index is 363. The molecule has 15 heavy (non-hydrogen) atoms. The van der Waals surface area contributed by atoms with Gasteiger partial charge >= 0.3 is 6.18 Å². The Kier molecular flexibility index (Phi) is 3.57. The highest BCUT2D eigenvalue weighted by Gasteiger charge is 2.33. The van der Waals surface area contributed by atoms with Gasteiger partial charge in [-0.05, 0) is 18.6 Å². The molecule has 0 aliphatic heterocycles. The lowest BCUT2D eigenvalue weighted by atomic mass is 10.1. The van der Waals surface area contributed by atoms with Crippen molar-refractivity contribution in [3.8, 4) is 0 Å². The van der Waals surface area contributed by atoms with Gasteiger partial charge in [-0.25, -0.2) is 0 Å². The third-order valence-corrected chi connectivity index (χ3v) is 2.31. The van der Waals surface area contributed by atoms with Crippen molar-refractivity contribution in [3.63, 3.8) is 0 Å². The van der Waals surface area contributed by atoms with E-state index in [0.717, 1.165) is 6.07 Å². The Hall–Kier alpha value is -0.810. The molecule has 2 N–H and O–H groups in total. The first-order chi connectivity index (χ1) is 6.90. The van der Waals surface area contributed by atoms with Gasteiger partial charge in [0.2, 0.25) is 0 Å². The van der Waals surface area contributed by atoms with Gasteiger partial charge in [0, 0.05) is 18.1 Å². The second-order valence-electron chi connectivity index (χ2n) is 3.06. The van der Waals surface area contributed by atoms with Crippen molar-refractivity contribution in [1.29, 1.82) is 0 Å². The summed E-state index contributed by atoms with van der Waals surface area (Å²) in [6.07, 6.45) is -4.40. The zero-order valence-corrected chi connectivity index (χ0v) is 8.78. The number of rotatable bonds is 2. The zero-order chi connectivity index (χ0) is 11.6. The summed E-state index contributed by atoms with van der Waals surface area (Å²) in [5.41, 5.74) is 5.27. The minimum Gasteiger partial charge on any atom is -0.325 e. The molecule has 2 nitrogen and oxygen atoms in total. The predicted octanol–water partition coefficient (Wildman–Crippen LogP) is 2.61. The van der Waals surface area contributed by atoms with Crippen molar-refractivity contribution in [1.82, 2.24) is 4.98 Å². The van der Waals surface area contributed by atoms with Crippen molar-refractivity contribution in [2.24, 2.45) is 5.73 Å². The molecule has 0 bridgehead atoms. The molecule has 1 rings (SSSR count). The van der Waals surface area contributed by atoms with Crippen molar-refractivity contribution < 1.29 is 13.2 Å². The molecule has 1 heterocycles.